The second-order valence-electron chi connectivity index (χ2n) is 6.35. The first-order valence-corrected chi connectivity index (χ1v) is 10.2. The number of nitrogens with zero attached hydrogens (tertiary/aromatic N) is 1. The van der Waals surface area contributed by atoms with Gasteiger partial charge in [0.2, 0.25) is 10.0 Å². The number of benzene rings is 2. The molecule has 6 nitrogen and oxygen atoms in total. The number of carboxylic acids is 1. The summed E-state index contributed by atoms with van der Waals surface area (Å²) in [5, 5.41) is 12.4. The average Bonchev–Trinajstić information content (AvgIpc) is 2.62. The third-order valence-electron chi connectivity index (χ3n) is 4.55. The largest absolute Gasteiger partial charge is 0.478 e. The fraction of sp³-hybridized carbons (Fsp3) is 0.316. The third kappa shape index (κ3) is 3.83. The smallest absolute Gasteiger partial charge is 0.335 e. The maximum absolute atomic E-state index is 12.7. The number of hydrogen-bond donors (Lipinski definition) is 2. The molecule has 0 bridgehead atoms. The average molecular weight is 374 g/mol. The molecule has 1 aliphatic rings. The van der Waals surface area contributed by atoms with Crippen LogP contribution in [0.1, 0.15) is 35.2 Å². The van der Waals surface area contributed by atoms with Gasteiger partial charge in [-0.25, -0.2) is 13.2 Å². The Labute approximate surface area is 153 Å². The molecule has 0 spiro atoms. The van der Waals surface area contributed by atoms with E-state index >= 15 is 0 Å². The van der Waals surface area contributed by atoms with Gasteiger partial charge in [0, 0.05) is 24.7 Å². The van der Waals surface area contributed by atoms with Crippen LogP contribution >= 0.6 is 0 Å². The van der Waals surface area contributed by atoms with Gasteiger partial charge in [0.25, 0.3) is 0 Å². The van der Waals surface area contributed by atoms with Gasteiger partial charge < -0.3 is 10.4 Å². The zero-order valence-electron chi connectivity index (χ0n) is 14.6. The van der Waals surface area contributed by atoms with Gasteiger partial charge >= 0.3 is 5.97 Å². The van der Waals surface area contributed by atoms with E-state index in [0.717, 1.165) is 5.56 Å². The number of nitrogens with one attached hydrogen (secondary N) is 1. The van der Waals surface area contributed by atoms with Crippen molar-refractivity contribution in [3.05, 3.63) is 59.7 Å². The third-order valence-corrected chi connectivity index (χ3v) is 6.33. The molecule has 0 radical (unpaired) electrons. The molecule has 2 aromatic carbocycles. The molecule has 26 heavy (non-hydrogen) atoms. The highest BCUT2D eigenvalue weighted by Crippen LogP contribution is 2.33. The fourth-order valence-electron chi connectivity index (χ4n) is 3.25. The van der Waals surface area contributed by atoms with E-state index in [2.05, 4.69) is 5.32 Å². The Morgan fingerprint density at radius 3 is 2.62 bits per heavy atom. The summed E-state index contributed by atoms with van der Waals surface area (Å²) in [6, 6.07) is 14.4. The maximum Gasteiger partial charge on any atom is 0.335 e. The molecule has 7 heteroatoms. The predicted molar refractivity (Wildman–Crippen MR) is 102 cm³/mol. The van der Waals surface area contributed by atoms with Crippen molar-refractivity contribution in [1.82, 2.24) is 0 Å². The molecule has 2 N–H and O–H groups in total. The minimum atomic E-state index is -3.48. The molecule has 2 aromatic rings. The van der Waals surface area contributed by atoms with Crippen LogP contribution in [-0.2, 0) is 10.0 Å². The second-order valence-corrected chi connectivity index (χ2v) is 8.36. The predicted octanol–water partition coefficient (Wildman–Crippen LogP) is 3.14. The molecule has 138 valence electrons. The lowest BCUT2D eigenvalue weighted by atomic mass is 9.96. The van der Waals surface area contributed by atoms with Crippen LogP contribution in [0.4, 0.5) is 11.4 Å². The lowest BCUT2D eigenvalue weighted by molar-refractivity contribution is 0.0697. The van der Waals surface area contributed by atoms with Gasteiger partial charge in [-0.2, -0.15) is 0 Å². The zero-order chi connectivity index (χ0) is 18.7. The van der Waals surface area contributed by atoms with E-state index in [1.54, 1.807) is 6.07 Å². The Bertz CT molecular complexity index is 897. The summed E-state index contributed by atoms with van der Waals surface area (Å²) in [5.74, 6) is -0.962. The second kappa shape index (κ2) is 7.37. The molecule has 1 atom stereocenters. The van der Waals surface area contributed by atoms with Crippen molar-refractivity contribution in [2.45, 2.75) is 19.3 Å². The molecule has 1 aliphatic heterocycles. The van der Waals surface area contributed by atoms with Crippen molar-refractivity contribution < 1.29 is 18.3 Å². The Morgan fingerprint density at radius 2 is 1.96 bits per heavy atom. The monoisotopic (exact) mass is 374 g/mol. The summed E-state index contributed by atoms with van der Waals surface area (Å²) in [6.07, 6.45) is 0.557. The molecule has 1 fully saturated rings. The van der Waals surface area contributed by atoms with E-state index in [1.165, 1.54) is 16.4 Å². The molecular formula is C19H22N2O4S. The number of hydrogen-bond acceptors (Lipinski definition) is 4. The van der Waals surface area contributed by atoms with Crippen LogP contribution in [0.2, 0.25) is 0 Å². The fourth-order valence-corrected chi connectivity index (χ4v) is 4.89. The van der Waals surface area contributed by atoms with Crippen molar-refractivity contribution >= 4 is 27.4 Å². The number of aromatic carboxylic acids is 1. The molecule has 3 rings (SSSR count). The molecule has 1 unspecified atom stereocenters. The van der Waals surface area contributed by atoms with Crippen molar-refractivity contribution in [2.24, 2.45) is 0 Å². The summed E-state index contributed by atoms with van der Waals surface area (Å²) in [4.78, 5) is 11.4. The Kier molecular flexibility index (Phi) is 5.18. The van der Waals surface area contributed by atoms with Gasteiger partial charge in [0.1, 0.15) is 0 Å². The first-order valence-electron chi connectivity index (χ1n) is 8.58. The van der Waals surface area contributed by atoms with Crippen LogP contribution in [0, 0.1) is 0 Å². The molecular weight excluding hydrogens is 352 g/mol. The van der Waals surface area contributed by atoms with Crippen molar-refractivity contribution in [3.63, 3.8) is 0 Å². The van der Waals surface area contributed by atoms with Gasteiger partial charge in [-0.15, -0.1) is 0 Å². The molecule has 0 saturated carbocycles. The standard InChI is InChI=1S/C19H22N2O4S/c1-2-20-17-10-16(19(22)23)11-18(12-17)21-13-15(8-9-26(21,24)25)14-6-4-3-5-7-14/h3-7,10-12,15,20H,2,8-9,13H2,1H3,(H,22,23). The highest BCUT2D eigenvalue weighted by Gasteiger charge is 2.33. The van der Waals surface area contributed by atoms with Crippen molar-refractivity contribution in [3.8, 4) is 0 Å². The lowest BCUT2D eigenvalue weighted by Crippen LogP contribution is -2.41. The Hall–Kier alpha value is -2.54. The topological polar surface area (TPSA) is 86.7 Å². The van der Waals surface area contributed by atoms with E-state index in [4.69, 9.17) is 0 Å². The SMILES string of the molecule is CCNc1cc(C(=O)O)cc(N2CC(c3ccccc3)CCS2(=O)=O)c1. The van der Waals surface area contributed by atoms with Crippen molar-refractivity contribution in [1.29, 1.82) is 0 Å². The van der Waals surface area contributed by atoms with Crippen LogP contribution in [-0.4, -0.2) is 38.3 Å². The summed E-state index contributed by atoms with van der Waals surface area (Å²) >= 11 is 0. The maximum atomic E-state index is 12.7. The minimum absolute atomic E-state index is 0.0421. The number of sulfonamides is 1. The molecule has 0 aromatic heterocycles. The van der Waals surface area contributed by atoms with E-state index in [1.807, 2.05) is 37.3 Å². The number of rotatable bonds is 5. The molecule has 0 amide bonds. The van der Waals surface area contributed by atoms with Crippen LogP contribution in [0.25, 0.3) is 0 Å². The minimum Gasteiger partial charge on any atom is -0.478 e. The molecule has 1 heterocycles. The normalized spacial score (nSPS) is 19.1. The number of carbonyl (C=O) groups is 1. The van der Waals surface area contributed by atoms with Crippen LogP contribution < -0.4 is 9.62 Å². The van der Waals surface area contributed by atoms with Crippen LogP contribution in [0.15, 0.2) is 48.5 Å². The summed E-state index contributed by atoms with van der Waals surface area (Å²) in [6.45, 7) is 2.82. The molecule has 0 aliphatic carbocycles. The summed E-state index contributed by atoms with van der Waals surface area (Å²) < 4.78 is 26.7. The zero-order valence-corrected chi connectivity index (χ0v) is 15.4. The Morgan fingerprint density at radius 1 is 1.23 bits per heavy atom. The van der Waals surface area contributed by atoms with Crippen molar-refractivity contribution in [2.75, 3.05) is 28.5 Å². The van der Waals surface area contributed by atoms with Gasteiger partial charge in [0.05, 0.1) is 17.0 Å². The van der Waals surface area contributed by atoms with Gasteiger partial charge in [-0.1, -0.05) is 30.3 Å². The van der Waals surface area contributed by atoms with Gasteiger partial charge in [-0.3, -0.25) is 4.31 Å². The summed E-state index contributed by atoms with van der Waals surface area (Å²) in [7, 11) is -3.48. The van der Waals surface area contributed by atoms with Gasteiger partial charge in [0.15, 0.2) is 0 Å². The van der Waals surface area contributed by atoms with E-state index in [0.29, 0.717) is 30.9 Å². The summed E-state index contributed by atoms with van der Waals surface area (Å²) in [5.41, 5.74) is 2.14. The van der Waals surface area contributed by atoms with E-state index in [-0.39, 0.29) is 17.2 Å². The van der Waals surface area contributed by atoms with E-state index in [9.17, 15) is 18.3 Å². The first kappa shape index (κ1) is 18.3. The van der Waals surface area contributed by atoms with Crippen LogP contribution in [0.3, 0.4) is 0 Å². The van der Waals surface area contributed by atoms with E-state index < -0.39 is 16.0 Å². The lowest BCUT2D eigenvalue weighted by Gasteiger charge is -2.34. The highest BCUT2D eigenvalue weighted by atomic mass is 32.2. The highest BCUT2D eigenvalue weighted by molar-refractivity contribution is 7.92. The van der Waals surface area contributed by atoms with Gasteiger partial charge in [-0.05, 0) is 37.1 Å². The van der Waals surface area contributed by atoms with Crippen LogP contribution in [0.5, 0.6) is 0 Å². The number of carboxylic acid groups (broad SMARTS) is 1. The first-order chi connectivity index (χ1) is 12.4. The Balaban J connectivity index is 2.00. The number of anilines is 2. The quantitative estimate of drug-likeness (QED) is 0.840. The molecule has 1 saturated heterocycles.